The molecule has 0 spiro atoms. The fraction of sp³-hybridized carbons (Fsp3) is 0.429. The summed E-state index contributed by atoms with van der Waals surface area (Å²) < 4.78 is 11.3. The number of ether oxygens (including phenoxy) is 2. The fourth-order valence-electron chi connectivity index (χ4n) is 2.77. The molecular formula is C21H29ClN2O2. The number of nitrogens with one attached hydrogen (secondary N) is 2. The van der Waals surface area contributed by atoms with Crippen molar-refractivity contribution in [2.75, 3.05) is 33.9 Å². The molecule has 0 aliphatic carbocycles. The van der Waals surface area contributed by atoms with Crippen molar-refractivity contribution in [3.63, 3.8) is 0 Å². The average molecular weight is 377 g/mol. The number of methoxy groups -OCH3 is 1. The van der Waals surface area contributed by atoms with Crippen LogP contribution in [0.5, 0.6) is 5.75 Å². The Bertz CT molecular complexity index is 649. The van der Waals surface area contributed by atoms with E-state index in [0.717, 1.165) is 35.8 Å². The van der Waals surface area contributed by atoms with Crippen molar-refractivity contribution >= 4 is 11.6 Å². The summed E-state index contributed by atoms with van der Waals surface area (Å²) in [5, 5.41) is 7.35. The van der Waals surface area contributed by atoms with Crippen LogP contribution < -0.4 is 15.4 Å². The van der Waals surface area contributed by atoms with E-state index in [2.05, 4.69) is 29.7 Å². The van der Waals surface area contributed by atoms with Crippen LogP contribution in [0.4, 0.5) is 0 Å². The molecule has 0 saturated heterocycles. The Kier molecular flexibility index (Phi) is 8.92. The number of hydrogen-bond acceptors (Lipinski definition) is 4. The van der Waals surface area contributed by atoms with E-state index in [9.17, 15) is 0 Å². The molecule has 2 N–H and O–H groups in total. The van der Waals surface area contributed by atoms with E-state index in [1.54, 1.807) is 7.11 Å². The summed E-state index contributed by atoms with van der Waals surface area (Å²) in [5.74, 6) is 0.907. The van der Waals surface area contributed by atoms with Gasteiger partial charge in [0.25, 0.3) is 0 Å². The highest BCUT2D eigenvalue weighted by Gasteiger charge is 2.12. The highest BCUT2D eigenvalue weighted by Crippen LogP contribution is 2.20. The standard InChI is InChI=1S/C21H29ClN2O2/c1-16(13-17-7-9-20(10-8-17)26-12-11-23-2)24-15-21(25-3)18-5-4-6-19(22)14-18/h4-10,14,16,21,23-24H,11-13,15H2,1-3H3/t16-,21-/m1/s1. The molecule has 2 atom stereocenters. The van der Waals surface area contributed by atoms with Gasteiger partial charge in [-0.25, -0.2) is 0 Å². The van der Waals surface area contributed by atoms with E-state index in [-0.39, 0.29) is 6.10 Å². The second kappa shape index (κ2) is 11.2. The average Bonchev–Trinajstić information content (AvgIpc) is 2.64. The van der Waals surface area contributed by atoms with Crippen LogP contribution in [0.25, 0.3) is 0 Å². The van der Waals surface area contributed by atoms with Gasteiger partial charge in [-0.1, -0.05) is 35.9 Å². The molecule has 5 heteroatoms. The topological polar surface area (TPSA) is 42.5 Å². The van der Waals surface area contributed by atoms with Crippen LogP contribution in [-0.4, -0.2) is 39.9 Å². The lowest BCUT2D eigenvalue weighted by Gasteiger charge is -2.20. The van der Waals surface area contributed by atoms with Crippen LogP contribution in [-0.2, 0) is 11.2 Å². The second-order valence-corrected chi connectivity index (χ2v) is 6.83. The van der Waals surface area contributed by atoms with E-state index in [4.69, 9.17) is 21.1 Å². The summed E-state index contributed by atoms with van der Waals surface area (Å²) in [4.78, 5) is 0. The third kappa shape index (κ3) is 6.96. The number of halogens is 1. The summed E-state index contributed by atoms with van der Waals surface area (Å²) in [6.07, 6.45) is 0.932. The first-order valence-electron chi connectivity index (χ1n) is 9.00. The number of benzene rings is 2. The molecule has 0 heterocycles. The minimum absolute atomic E-state index is 0.0147. The van der Waals surface area contributed by atoms with Crippen molar-refractivity contribution in [3.05, 3.63) is 64.7 Å². The number of rotatable bonds is 11. The lowest BCUT2D eigenvalue weighted by molar-refractivity contribution is 0.0999. The molecule has 142 valence electrons. The van der Waals surface area contributed by atoms with Gasteiger partial charge in [0.05, 0.1) is 6.10 Å². The van der Waals surface area contributed by atoms with Crippen molar-refractivity contribution in [2.24, 2.45) is 0 Å². The Balaban J connectivity index is 1.81. The summed E-state index contributed by atoms with van der Waals surface area (Å²) in [7, 11) is 3.64. The quantitative estimate of drug-likeness (QED) is 0.584. The number of hydrogen-bond donors (Lipinski definition) is 2. The monoisotopic (exact) mass is 376 g/mol. The van der Waals surface area contributed by atoms with Crippen LogP contribution in [0.15, 0.2) is 48.5 Å². The molecule has 0 saturated carbocycles. The van der Waals surface area contributed by atoms with Gasteiger partial charge >= 0.3 is 0 Å². The SMILES string of the molecule is CNCCOc1ccc(C[C@@H](C)NC[C@@H](OC)c2cccc(Cl)c2)cc1. The smallest absolute Gasteiger partial charge is 0.119 e. The van der Waals surface area contributed by atoms with Crippen molar-refractivity contribution in [2.45, 2.75) is 25.5 Å². The lowest BCUT2D eigenvalue weighted by atomic mass is 10.1. The highest BCUT2D eigenvalue weighted by molar-refractivity contribution is 6.30. The van der Waals surface area contributed by atoms with Gasteiger partial charge in [-0.05, 0) is 55.8 Å². The van der Waals surface area contributed by atoms with Crippen molar-refractivity contribution < 1.29 is 9.47 Å². The van der Waals surface area contributed by atoms with Crippen molar-refractivity contribution in [1.29, 1.82) is 0 Å². The van der Waals surface area contributed by atoms with Crippen LogP contribution in [0.3, 0.4) is 0 Å². The zero-order chi connectivity index (χ0) is 18.8. The Hall–Kier alpha value is -1.59. The van der Waals surface area contributed by atoms with Crippen molar-refractivity contribution in [3.8, 4) is 5.75 Å². The minimum Gasteiger partial charge on any atom is -0.492 e. The summed E-state index contributed by atoms with van der Waals surface area (Å²) in [6.45, 7) is 4.44. The first-order chi connectivity index (χ1) is 12.6. The third-order valence-electron chi connectivity index (χ3n) is 4.24. The van der Waals surface area contributed by atoms with Crippen LogP contribution >= 0.6 is 11.6 Å². The van der Waals surface area contributed by atoms with E-state index >= 15 is 0 Å². The molecule has 26 heavy (non-hydrogen) atoms. The van der Waals surface area contributed by atoms with Gasteiger partial charge in [0.2, 0.25) is 0 Å². The first kappa shape index (κ1) is 20.7. The molecule has 0 bridgehead atoms. The normalized spacial score (nSPS) is 13.4. The molecule has 2 rings (SSSR count). The molecule has 0 aliphatic heterocycles. The molecule has 2 aromatic carbocycles. The fourth-order valence-corrected chi connectivity index (χ4v) is 2.97. The maximum atomic E-state index is 6.08. The van der Waals surface area contributed by atoms with Gasteiger partial charge in [-0.15, -0.1) is 0 Å². The van der Waals surface area contributed by atoms with E-state index in [1.165, 1.54) is 5.56 Å². The molecule has 0 radical (unpaired) electrons. The molecule has 0 aliphatic rings. The highest BCUT2D eigenvalue weighted by atomic mass is 35.5. The zero-order valence-corrected chi connectivity index (χ0v) is 16.6. The van der Waals surface area contributed by atoms with Gasteiger partial charge in [0, 0.05) is 31.3 Å². The Morgan fingerprint density at radius 2 is 1.88 bits per heavy atom. The van der Waals surface area contributed by atoms with E-state index < -0.39 is 0 Å². The Morgan fingerprint density at radius 3 is 2.54 bits per heavy atom. The molecular weight excluding hydrogens is 348 g/mol. The van der Waals surface area contributed by atoms with Gasteiger partial charge in [-0.2, -0.15) is 0 Å². The summed E-state index contributed by atoms with van der Waals surface area (Å²) >= 11 is 6.08. The van der Waals surface area contributed by atoms with Gasteiger partial charge in [0.1, 0.15) is 12.4 Å². The molecule has 0 fully saturated rings. The van der Waals surface area contributed by atoms with Crippen molar-refractivity contribution in [1.82, 2.24) is 10.6 Å². The summed E-state index contributed by atoms with van der Waals surface area (Å²) in [6, 6.07) is 16.5. The largest absolute Gasteiger partial charge is 0.492 e. The molecule has 0 aromatic heterocycles. The maximum Gasteiger partial charge on any atom is 0.119 e. The first-order valence-corrected chi connectivity index (χ1v) is 9.38. The van der Waals surface area contributed by atoms with Crippen LogP contribution in [0, 0.1) is 0 Å². The molecule has 0 unspecified atom stereocenters. The zero-order valence-electron chi connectivity index (χ0n) is 15.8. The molecule has 2 aromatic rings. The van der Waals surface area contributed by atoms with E-state index in [1.807, 2.05) is 43.4 Å². The number of likely N-dealkylation sites (N-methyl/N-ethyl adjacent to an activating group) is 1. The Morgan fingerprint density at radius 1 is 1.12 bits per heavy atom. The maximum absolute atomic E-state index is 6.08. The molecule has 0 amide bonds. The predicted octanol–water partition coefficient (Wildman–Crippen LogP) is 3.85. The van der Waals surface area contributed by atoms with Gasteiger partial charge in [0.15, 0.2) is 0 Å². The van der Waals surface area contributed by atoms with Crippen LogP contribution in [0.2, 0.25) is 5.02 Å². The predicted molar refractivity (Wildman–Crippen MR) is 108 cm³/mol. The third-order valence-corrected chi connectivity index (χ3v) is 4.48. The second-order valence-electron chi connectivity index (χ2n) is 6.39. The Labute approximate surface area is 161 Å². The lowest BCUT2D eigenvalue weighted by Crippen LogP contribution is -2.32. The minimum atomic E-state index is -0.0147. The van der Waals surface area contributed by atoms with Gasteiger partial charge in [-0.3, -0.25) is 0 Å². The van der Waals surface area contributed by atoms with Gasteiger partial charge < -0.3 is 20.1 Å². The van der Waals surface area contributed by atoms with E-state index in [0.29, 0.717) is 12.6 Å². The summed E-state index contributed by atoms with van der Waals surface area (Å²) in [5.41, 5.74) is 2.37. The van der Waals surface area contributed by atoms with Crippen LogP contribution in [0.1, 0.15) is 24.2 Å². The molecule has 4 nitrogen and oxygen atoms in total.